The Morgan fingerprint density at radius 2 is 2.32 bits per heavy atom. The largest absolute Gasteiger partial charge is 0.439 e. The van der Waals surface area contributed by atoms with Gasteiger partial charge in [-0.1, -0.05) is 18.0 Å². The Kier molecular flexibility index (Phi) is 4.64. The molecular formula is C16H19ClN2O3. The van der Waals surface area contributed by atoms with Crippen molar-refractivity contribution in [3.8, 4) is 0 Å². The summed E-state index contributed by atoms with van der Waals surface area (Å²) in [5.74, 6) is 0.848. The van der Waals surface area contributed by atoms with Gasteiger partial charge >= 0.3 is 0 Å². The Morgan fingerprint density at radius 3 is 3.00 bits per heavy atom. The smallest absolute Gasteiger partial charge is 0.226 e. The molecule has 6 heteroatoms. The second-order valence-corrected chi connectivity index (χ2v) is 6.04. The van der Waals surface area contributed by atoms with Crippen LogP contribution >= 0.6 is 11.6 Å². The number of amides is 1. The number of halogens is 1. The molecule has 5 nitrogen and oxygen atoms in total. The van der Waals surface area contributed by atoms with Gasteiger partial charge in [-0.25, -0.2) is 4.98 Å². The molecule has 3 rings (SSSR count). The van der Waals surface area contributed by atoms with Gasteiger partial charge < -0.3 is 14.1 Å². The van der Waals surface area contributed by atoms with E-state index in [1.54, 1.807) is 30.2 Å². The van der Waals surface area contributed by atoms with Gasteiger partial charge in [0, 0.05) is 24.6 Å². The Morgan fingerprint density at radius 1 is 1.50 bits per heavy atom. The van der Waals surface area contributed by atoms with Gasteiger partial charge in [-0.05, 0) is 31.0 Å². The van der Waals surface area contributed by atoms with E-state index in [9.17, 15) is 4.79 Å². The standard InChI is InChI=1S/C16H19ClN2O3/c1-21-8-7-19(16(20)11-3-2-4-11)10-15-18-13-9-12(17)5-6-14(13)22-15/h5-6,9,11H,2-4,7-8,10H2,1H3. The highest BCUT2D eigenvalue weighted by molar-refractivity contribution is 6.31. The molecule has 1 aliphatic rings. The van der Waals surface area contributed by atoms with Crippen LogP contribution in [-0.4, -0.2) is 36.1 Å². The van der Waals surface area contributed by atoms with Crippen LogP contribution < -0.4 is 0 Å². The topological polar surface area (TPSA) is 55.6 Å². The molecule has 1 aromatic heterocycles. The average Bonchev–Trinajstić information content (AvgIpc) is 2.82. The molecular weight excluding hydrogens is 304 g/mol. The molecule has 0 spiro atoms. The quantitative estimate of drug-likeness (QED) is 0.819. The summed E-state index contributed by atoms with van der Waals surface area (Å²) in [6.07, 6.45) is 3.09. The van der Waals surface area contributed by atoms with Crippen molar-refractivity contribution in [2.75, 3.05) is 20.3 Å². The first-order valence-corrected chi connectivity index (χ1v) is 7.88. The molecule has 0 saturated heterocycles. The predicted molar refractivity (Wildman–Crippen MR) is 83.7 cm³/mol. The van der Waals surface area contributed by atoms with Crippen molar-refractivity contribution in [2.45, 2.75) is 25.8 Å². The molecule has 0 radical (unpaired) electrons. The zero-order chi connectivity index (χ0) is 15.5. The van der Waals surface area contributed by atoms with Crippen LogP contribution in [-0.2, 0) is 16.1 Å². The lowest BCUT2D eigenvalue weighted by Gasteiger charge is -2.30. The van der Waals surface area contributed by atoms with Gasteiger partial charge in [0.25, 0.3) is 0 Å². The fourth-order valence-electron chi connectivity index (χ4n) is 2.56. The van der Waals surface area contributed by atoms with Crippen molar-refractivity contribution >= 4 is 28.6 Å². The number of fused-ring (bicyclic) bond motifs is 1. The average molecular weight is 323 g/mol. The number of hydrogen-bond acceptors (Lipinski definition) is 4. The van der Waals surface area contributed by atoms with Crippen molar-refractivity contribution in [1.82, 2.24) is 9.88 Å². The minimum absolute atomic E-state index is 0.149. The SMILES string of the molecule is COCCN(Cc1nc2cc(Cl)ccc2o1)C(=O)C1CCC1. The molecule has 1 aliphatic carbocycles. The molecule has 0 N–H and O–H groups in total. The molecule has 1 amide bonds. The van der Waals surface area contributed by atoms with Gasteiger partial charge in [-0.3, -0.25) is 4.79 Å². The fraction of sp³-hybridized carbons (Fsp3) is 0.500. The zero-order valence-electron chi connectivity index (χ0n) is 12.5. The maximum Gasteiger partial charge on any atom is 0.226 e. The first-order chi connectivity index (χ1) is 10.7. The lowest BCUT2D eigenvalue weighted by molar-refractivity contribution is -0.139. The minimum atomic E-state index is 0.149. The predicted octanol–water partition coefficient (Wildman–Crippen LogP) is 3.26. The molecule has 1 aromatic carbocycles. The van der Waals surface area contributed by atoms with Crippen LogP contribution in [0.4, 0.5) is 0 Å². The van der Waals surface area contributed by atoms with Crippen molar-refractivity contribution < 1.29 is 13.9 Å². The van der Waals surface area contributed by atoms with E-state index in [0.29, 0.717) is 41.7 Å². The summed E-state index contributed by atoms with van der Waals surface area (Å²) in [5, 5.41) is 0.620. The zero-order valence-corrected chi connectivity index (χ0v) is 13.3. The molecule has 1 saturated carbocycles. The second kappa shape index (κ2) is 6.67. The van der Waals surface area contributed by atoms with Crippen molar-refractivity contribution in [1.29, 1.82) is 0 Å². The number of ether oxygens (including phenoxy) is 1. The number of benzene rings is 1. The van der Waals surface area contributed by atoms with E-state index in [-0.39, 0.29) is 11.8 Å². The lowest BCUT2D eigenvalue weighted by Crippen LogP contribution is -2.40. The third-order valence-electron chi connectivity index (χ3n) is 4.05. The third kappa shape index (κ3) is 3.25. The van der Waals surface area contributed by atoms with Crippen molar-refractivity contribution in [3.05, 3.63) is 29.1 Å². The van der Waals surface area contributed by atoms with Crippen LogP contribution in [0.3, 0.4) is 0 Å². The molecule has 2 aromatic rings. The number of rotatable bonds is 6. The van der Waals surface area contributed by atoms with Crippen LogP contribution in [0.25, 0.3) is 11.1 Å². The van der Waals surface area contributed by atoms with Gasteiger partial charge in [0.1, 0.15) is 5.52 Å². The molecule has 1 heterocycles. The second-order valence-electron chi connectivity index (χ2n) is 5.60. The summed E-state index contributed by atoms with van der Waals surface area (Å²) in [6.45, 7) is 1.42. The monoisotopic (exact) mass is 322 g/mol. The summed E-state index contributed by atoms with van der Waals surface area (Å²) >= 11 is 5.96. The number of carbonyl (C=O) groups excluding carboxylic acids is 1. The number of hydrogen-bond donors (Lipinski definition) is 0. The van der Waals surface area contributed by atoms with Crippen molar-refractivity contribution in [3.63, 3.8) is 0 Å². The molecule has 0 bridgehead atoms. The van der Waals surface area contributed by atoms with E-state index in [1.165, 1.54) is 0 Å². The van der Waals surface area contributed by atoms with E-state index in [2.05, 4.69) is 4.98 Å². The van der Waals surface area contributed by atoms with E-state index in [0.717, 1.165) is 19.3 Å². The van der Waals surface area contributed by atoms with E-state index < -0.39 is 0 Å². The fourth-order valence-corrected chi connectivity index (χ4v) is 2.73. The summed E-state index contributed by atoms with van der Waals surface area (Å²) in [6, 6.07) is 5.32. The van der Waals surface area contributed by atoms with Gasteiger partial charge in [0.05, 0.1) is 13.2 Å². The molecule has 1 fully saturated rings. The summed E-state index contributed by atoms with van der Waals surface area (Å²) in [4.78, 5) is 18.7. The maximum atomic E-state index is 12.5. The molecule has 0 atom stereocenters. The normalized spacial score (nSPS) is 15.0. The molecule has 0 aliphatic heterocycles. The Labute approximate surface area is 134 Å². The summed E-state index contributed by atoms with van der Waals surface area (Å²) in [7, 11) is 1.63. The van der Waals surface area contributed by atoms with Crippen LogP contribution in [0, 0.1) is 5.92 Å². The van der Waals surface area contributed by atoms with E-state index in [1.807, 2.05) is 0 Å². The molecule has 0 unspecified atom stereocenters. The van der Waals surface area contributed by atoms with Gasteiger partial charge in [0.15, 0.2) is 5.58 Å². The van der Waals surface area contributed by atoms with Crippen molar-refractivity contribution in [2.24, 2.45) is 5.92 Å². The highest BCUT2D eigenvalue weighted by Gasteiger charge is 2.30. The highest BCUT2D eigenvalue weighted by Crippen LogP contribution is 2.29. The highest BCUT2D eigenvalue weighted by atomic mass is 35.5. The molecule has 22 heavy (non-hydrogen) atoms. The number of methoxy groups -OCH3 is 1. The number of aromatic nitrogens is 1. The lowest BCUT2D eigenvalue weighted by atomic mass is 9.84. The van der Waals surface area contributed by atoms with E-state index in [4.69, 9.17) is 20.8 Å². The summed E-state index contributed by atoms with van der Waals surface area (Å²) in [5.41, 5.74) is 1.40. The maximum absolute atomic E-state index is 12.5. The van der Waals surface area contributed by atoms with E-state index >= 15 is 0 Å². The van der Waals surface area contributed by atoms with Gasteiger partial charge in [-0.15, -0.1) is 0 Å². The third-order valence-corrected chi connectivity index (χ3v) is 4.29. The first-order valence-electron chi connectivity index (χ1n) is 7.50. The van der Waals surface area contributed by atoms with Crippen LogP contribution in [0.1, 0.15) is 25.2 Å². The Bertz CT molecular complexity index is 666. The first kappa shape index (κ1) is 15.3. The van der Waals surface area contributed by atoms with Gasteiger partial charge in [-0.2, -0.15) is 0 Å². The number of oxazole rings is 1. The number of nitrogens with zero attached hydrogens (tertiary/aromatic N) is 2. The van der Waals surface area contributed by atoms with Crippen LogP contribution in [0.5, 0.6) is 0 Å². The minimum Gasteiger partial charge on any atom is -0.439 e. The summed E-state index contributed by atoms with van der Waals surface area (Å²) < 4.78 is 10.8. The van der Waals surface area contributed by atoms with Crippen LogP contribution in [0.15, 0.2) is 22.6 Å². The Balaban J connectivity index is 1.76. The molecule has 118 valence electrons. The van der Waals surface area contributed by atoms with Crippen LogP contribution in [0.2, 0.25) is 5.02 Å². The number of carbonyl (C=O) groups is 1. The Hall–Kier alpha value is -1.59. The van der Waals surface area contributed by atoms with Gasteiger partial charge in [0.2, 0.25) is 11.8 Å².